The maximum atomic E-state index is 15.0. The number of H-pyrrole nitrogens is 1. The molecule has 0 unspecified atom stereocenters. The van der Waals surface area contributed by atoms with Crippen molar-refractivity contribution in [2.24, 2.45) is 0 Å². The first-order chi connectivity index (χ1) is 24.8. The standard InChI is InChI=1S/C38H32F3N7O3/c1-51-33-8-4-7-30(40)36(33)27-20-35(43-21-31(27)41)44-34-19-24(11-12-42-34)22-47-13-15-48(16-14-47)38(50)28-17-23(9-10-29(28)39)18-32-25-5-2-3-6-26(25)37(49)46-45-32/h2-12,17,19-21H,13-16,18,22H2,1H3,(H,46,49)(H,42,43,44). The van der Waals surface area contributed by atoms with Crippen LogP contribution >= 0.6 is 0 Å². The van der Waals surface area contributed by atoms with Crippen molar-refractivity contribution < 1.29 is 22.7 Å². The van der Waals surface area contributed by atoms with Crippen molar-refractivity contribution in [3.8, 4) is 16.9 Å². The first-order valence-corrected chi connectivity index (χ1v) is 16.2. The minimum atomic E-state index is -0.699. The normalized spacial score (nSPS) is 13.4. The molecule has 0 bridgehead atoms. The molecule has 6 aromatic rings. The zero-order valence-electron chi connectivity index (χ0n) is 27.5. The van der Waals surface area contributed by atoms with Gasteiger partial charge >= 0.3 is 0 Å². The largest absolute Gasteiger partial charge is 0.496 e. The number of hydrogen-bond donors (Lipinski definition) is 2. The van der Waals surface area contributed by atoms with Crippen molar-refractivity contribution in [1.82, 2.24) is 30.0 Å². The zero-order chi connectivity index (χ0) is 35.5. The summed E-state index contributed by atoms with van der Waals surface area (Å²) in [6, 6.07) is 21.0. The lowest BCUT2D eigenvalue weighted by Crippen LogP contribution is -2.48. The molecule has 0 radical (unpaired) electrons. The Morgan fingerprint density at radius 1 is 0.843 bits per heavy atom. The molecular weight excluding hydrogens is 659 g/mol. The molecule has 2 N–H and O–H groups in total. The Bertz CT molecular complexity index is 2310. The van der Waals surface area contributed by atoms with E-state index in [4.69, 9.17) is 4.74 Å². The number of aromatic amines is 1. The topological polar surface area (TPSA) is 116 Å². The molecule has 1 saturated heterocycles. The molecule has 1 amide bonds. The van der Waals surface area contributed by atoms with Crippen LogP contribution in [0.4, 0.5) is 24.8 Å². The number of fused-ring (bicyclic) bond motifs is 1. The highest BCUT2D eigenvalue weighted by atomic mass is 19.1. The number of rotatable bonds is 9. The van der Waals surface area contributed by atoms with Crippen molar-refractivity contribution in [1.29, 1.82) is 0 Å². The van der Waals surface area contributed by atoms with Crippen LogP contribution in [0.5, 0.6) is 5.75 Å². The summed E-state index contributed by atoms with van der Waals surface area (Å²) in [6.07, 6.45) is 2.97. The monoisotopic (exact) mass is 691 g/mol. The average molecular weight is 692 g/mol. The number of halogens is 3. The summed E-state index contributed by atoms with van der Waals surface area (Å²) in [5.41, 5.74) is 1.96. The van der Waals surface area contributed by atoms with E-state index in [1.807, 2.05) is 24.3 Å². The number of aromatic nitrogens is 4. The number of amides is 1. The predicted octanol–water partition coefficient (Wildman–Crippen LogP) is 6.10. The number of hydrogen-bond acceptors (Lipinski definition) is 8. The Hall–Kier alpha value is -6.08. The number of methoxy groups -OCH3 is 1. The smallest absolute Gasteiger partial charge is 0.272 e. The molecule has 3 aromatic carbocycles. The van der Waals surface area contributed by atoms with E-state index in [-0.39, 0.29) is 39.7 Å². The first-order valence-electron chi connectivity index (χ1n) is 16.2. The van der Waals surface area contributed by atoms with Gasteiger partial charge in [-0.1, -0.05) is 30.3 Å². The van der Waals surface area contributed by atoms with Crippen LogP contribution in [-0.2, 0) is 13.0 Å². The summed E-state index contributed by atoms with van der Waals surface area (Å²) in [5, 5.41) is 11.0. The van der Waals surface area contributed by atoms with Gasteiger partial charge in [-0.3, -0.25) is 14.5 Å². The van der Waals surface area contributed by atoms with Gasteiger partial charge < -0.3 is 15.0 Å². The van der Waals surface area contributed by atoms with Gasteiger partial charge in [0.25, 0.3) is 11.5 Å². The third-order valence-corrected chi connectivity index (χ3v) is 8.87. The van der Waals surface area contributed by atoms with Crippen LogP contribution in [0.25, 0.3) is 21.9 Å². The number of anilines is 2. The van der Waals surface area contributed by atoms with Gasteiger partial charge in [0.1, 0.15) is 34.8 Å². The Morgan fingerprint density at radius 3 is 2.43 bits per heavy atom. The summed E-state index contributed by atoms with van der Waals surface area (Å²) in [5.74, 6) is -1.38. The highest BCUT2D eigenvalue weighted by Gasteiger charge is 2.25. The van der Waals surface area contributed by atoms with E-state index in [0.29, 0.717) is 67.0 Å². The van der Waals surface area contributed by atoms with Crippen LogP contribution in [0.3, 0.4) is 0 Å². The third kappa shape index (κ3) is 7.15. The maximum Gasteiger partial charge on any atom is 0.272 e. The quantitative estimate of drug-likeness (QED) is 0.187. The van der Waals surface area contributed by atoms with E-state index >= 15 is 0 Å². The van der Waals surface area contributed by atoms with Gasteiger partial charge in [-0.15, -0.1) is 0 Å². The summed E-state index contributed by atoms with van der Waals surface area (Å²) < 4.78 is 49.7. The van der Waals surface area contributed by atoms with Crippen LogP contribution < -0.4 is 15.6 Å². The summed E-state index contributed by atoms with van der Waals surface area (Å²) in [6.45, 7) is 2.52. The molecule has 3 aromatic heterocycles. The van der Waals surface area contributed by atoms with Crippen LogP contribution in [0.15, 0.2) is 96.1 Å². The number of nitrogens with zero attached hydrogens (tertiary/aromatic N) is 5. The van der Waals surface area contributed by atoms with E-state index in [9.17, 15) is 22.8 Å². The SMILES string of the molecule is COc1cccc(F)c1-c1cc(Nc2cc(CN3CCN(C(=O)c4cc(Cc5n[nH]c(=O)c6ccccc56)ccc4F)CC3)ccn2)ncc1F. The number of carbonyl (C=O) groups is 1. The summed E-state index contributed by atoms with van der Waals surface area (Å²) >= 11 is 0. The molecule has 0 atom stereocenters. The van der Waals surface area contributed by atoms with Gasteiger partial charge in [0.05, 0.1) is 35.5 Å². The van der Waals surface area contributed by atoms with E-state index < -0.39 is 17.5 Å². The van der Waals surface area contributed by atoms with Gasteiger partial charge in [-0.25, -0.2) is 28.2 Å². The Labute approximate surface area is 290 Å². The van der Waals surface area contributed by atoms with Gasteiger partial charge in [0.15, 0.2) is 0 Å². The molecule has 0 aliphatic carbocycles. The van der Waals surface area contributed by atoms with E-state index in [1.54, 1.807) is 41.4 Å². The minimum absolute atomic E-state index is 0.00276. The molecule has 0 spiro atoms. The maximum absolute atomic E-state index is 15.0. The molecule has 10 nitrogen and oxygen atoms in total. The van der Waals surface area contributed by atoms with Gasteiger partial charge in [-0.2, -0.15) is 5.10 Å². The van der Waals surface area contributed by atoms with Crippen LogP contribution in [-0.4, -0.2) is 69.2 Å². The second kappa shape index (κ2) is 14.4. The minimum Gasteiger partial charge on any atom is -0.496 e. The molecule has 0 saturated carbocycles. The second-order valence-corrected chi connectivity index (χ2v) is 12.1. The van der Waals surface area contributed by atoms with Gasteiger partial charge in [-0.05, 0) is 59.7 Å². The second-order valence-electron chi connectivity index (χ2n) is 12.1. The molecular formula is C38H32F3N7O3. The summed E-state index contributed by atoms with van der Waals surface area (Å²) in [7, 11) is 1.39. The van der Waals surface area contributed by atoms with Gasteiger partial charge in [0, 0.05) is 56.3 Å². The molecule has 1 aliphatic heterocycles. The number of pyridine rings is 2. The number of ether oxygens (including phenoxy) is 1. The summed E-state index contributed by atoms with van der Waals surface area (Å²) in [4.78, 5) is 38.0. The van der Waals surface area contributed by atoms with Crippen molar-refractivity contribution in [2.75, 3.05) is 38.6 Å². The number of carbonyl (C=O) groups excluding carboxylic acids is 1. The van der Waals surface area contributed by atoms with E-state index in [0.717, 1.165) is 11.8 Å². The fraction of sp³-hybridized carbons (Fsp3) is 0.184. The van der Waals surface area contributed by atoms with Crippen LogP contribution in [0.1, 0.15) is 27.2 Å². The Balaban J connectivity index is 0.990. The molecule has 13 heteroatoms. The molecule has 1 fully saturated rings. The molecule has 1 aliphatic rings. The van der Waals surface area contributed by atoms with Crippen molar-refractivity contribution >= 4 is 28.3 Å². The lowest BCUT2D eigenvalue weighted by molar-refractivity contribution is 0.0624. The number of nitrogens with one attached hydrogen (secondary N) is 2. The van der Waals surface area contributed by atoms with Crippen molar-refractivity contribution in [3.05, 3.63) is 141 Å². The third-order valence-electron chi connectivity index (χ3n) is 8.87. The average Bonchev–Trinajstić information content (AvgIpc) is 3.14. The molecule has 51 heavy (non-hydrogen) atoms. The van der Waals surface area contributed by atoms with E-state index in [2.05, 4.69) is 30.4 Å². The van der Waals surface area contributed by atoms with Crippen molar-refractivity contribution in [3.63, 3.8) is 0 Å². The highest BCUT2D eigenvalue weighted by Crippen LogP contribution is 2.35. The van der Waals surface area contributed by atoms with Crippen LogP contribution in [0.2, 0.25) is 0 Å². The lowest BCUT2D eigenvalue weighted by atomic mass is 10.0. The van der Waals surface area contributed by atoms with E-state index in [1.165, 1.54) is 31.4 Å². The fourth-order valence-corrected chi connectivity index (χ4v) is 6.29. The first kappa shape index (κ1) is 33.4. The van der Waals surface area contributed by atoms with Gasteiger partial charge in [0.2, 0.25) is 0 Å². The number of piperazine rings is 1. The number of benzene rings is 3. The lowest BCUT2D eigenvalue weighted by Gasteiger charge is -2.35. The van der Waals surface area contributed by atoms with Crippen molar-refractivity contribution in [2.45, 2.75) is 13.0 Å². The predicted molar refractivity (Wildman–Crippen MR) is 186 cm³/mol. The fourth-order valence-electron chi connectivity index (χ4n) is 6.29. The Kier molecular flexibility index (Phi) is 9.45. The zero-order valence-corrected chi connectivity index (χ0v) is 27.5. The highest BCUT2D eigenvalue weighted by molar-refractivity contribution is 5.95. The van der Waals surface area contributed by atoms with Crippen LogP contribution in [0, 0.1) is 17.5 Å². The molecule has 4 heterocycles. The molecule has 7 rings (SSSR count). The molecule has 258 valence electrons. The Morgan fingerprint density at radius 2 is 1.63 bits per heavy atom.